The highest BCUT2D eigenvalue weighted by molar-refractivity contribution is 4.88. The van der Waals surface area contributed by atoms with Crippen LogP contribution in [0.1, 0.15) is 6.42 Å². The molecule has 13 heavy (non-hydrogen) atoms. The lowest BCUT2D eigenvalue weighted by molar-refractivity contribution is -0.317. The summed E-state index contributed by atoms with van der Waals surface area (Å²) in [6.07, 6.45) is -8.16. The first-order chi connectivity index (χ1) is 5.77. The first kappa shape index (κ1) is 10.6. The highest BCUT2D eigenvalue weighted by atomic mass is 19.4. The second kappa shape index (κ2) is 3.06. The molecule has 1 heterocycles. The Morgan fingerprint density at radius 2 is 1.69 bits per heavy atom. The number of rotatable bonds is 1. The monoisotopic (exact) mass is 206 g/mol. The average Bonchev–Trinajstić information content (AvgIpc) is 2.32. The fraction of sp³-hybridized carbons (Fsp3) is 1.00. The normalized spacial score (nSPS) is 30.9. The number of hydrogen-bond donors (Lipinski definition) is 1. The van der Waals surface area contributed by atoms with Gasteiger partial charge in [-0.15, -0.1) is 0 Å². The minimum Gasteiger partial charge on any atom is -0.367 e. The van der Waals surface area contributed by atoms with E-state index in [9.17, 15) is 22.0 Å². The molecule has 1 N–H and O–H groups in total. The van der Waals surface area contributed by atoms with Gasteiger partial charge in [-0.2, -0.15) is 22.0 Å². The lowest BCUT2D eigenvalue weighted by atomic mass is 9.99. The van der Waals surface area contributed by atoms with Gasteiger partial charge in [0.25, 0.3) is 0 Å². The average molecular weight is 206 g/mol. The molecule has 1 aliphatic rings. The molecular formula is C6H7F5O2. The first-order valence-electron chi connectivity index (χ1n) is 3.51. The Morgan fingerprint density at radius 1 is 1.15 bits per heavy atom. The molecule has 0 radical (unpaired) electrons. The van der Waals surface area contributed by atoms with Crippen molar-refractivity contribution in [3.63, 3.8) is 0 Å². The molecule has 0 saturated carbocycles. The van der Waals surface area contributed by atoms with E-state index in [1.165, 1.54) is 0 Å². The summed E-state index contributed by atoms with van der Waals surface area (Å²) in [5.41, 5.74) is 0. The van der Waals surface area contributed by atoms with Gasteiger partial charge < -0.3 is 9.84 Å². The van der Waals surface area contributed by atoms with Crippen molar-refractivity contribution in [3.8, 4) is 0 Å². The standard InChI is InChI=1S/C6H7F5O2/c7-5(8,6(9,10)11)3-1-2-13-4(3)12/h3-4,12H,1-2H2. The molecule has 2 unspecified atom stereocenters. The largest absolute Gasteiger partial charge is 0.453 e. The summed E-state index contributed by atoms with van der Waals surface area (Å²) < 4.78 is 64.5. The van der Waals surface area contributed by atoms with E-state index in [0.717, 1.165) is 0 Å². The van der Waals surface area contributed by atoms with Crippen molar-refractivity contribution in [2.45, 2.75) is 24.8 Å². The summed E-state index contributed by atoms with van der Waals surface area (Å²) in [7, 11) is 0. The van der Waals surface area contributed by atoms with Crippen LogP contribution in [0.25, 0.3) is 0 Å². The summed E-state index contributed by atoms with van der Waals surface area (Å²) in [5, 5.41) is 8.69. The second-order valence-corrected chi connectivity index (χ2v) is 2.78. The maximum Gasteiger partial charge on any atom is 0.453 e. The van der Waals surface area contributed by atoms with E-state index >= 15 is 0 Å². The number of alkyl halides is 5. The SMILES string of the molecule is OC1OCCC1C(F)(F)C(F)(F)F. The van der Waals surface area contributed by atoms with Gasteiger partial charge in [-0.3, -0.25) is 0 Å². The van der Waals surface area contributed by atoms with Gasteiger partial charge in [0, 0.05) is 0 Å². The Bertz CT molecular complexity index is 190. The lowest BCUT2D eigenvalue weighted by Crippen LogP contribution is -2.46. The van der Waals surface area contributed by atoms with Gasteiger partial charge in [-0.05, 0) is 6.42 Å². The highest BCUT2D eigenvalue weighted by Crippen LogP contribution is 2.45. The summed E-state index contributed by atoms with van der Waals surface area (Å²) in [6, 6.07) is 0. The van der Waals surface area contributed by atoms with Crippen LogP contribution in [-0.4, -0.2) is 30.1 Å². The fourth-order valence-electron chi connectivity index (χ4n) is 1.15. The van der Waals surface area contributed by atoms with Gasteiger partial charge in [0.15, 0.2) is 6.29 Å². The molecule has 1 rings (SSSR count). The van der Waals surface area contributed by atoms with Crippen molar-refractivity contribution in [2.24, 2.45) is 5.92 Å². The van der Waals surface area contributed by atoms with Crippen LogP contribution in [0.3, 0.4) is 0 Å². The zero-order chi connectivity index (χ0) is 10.3. The summed E-state index contributed by atoms with van der Waals surface area (Å²) in [6.45, 7) is -0.280. The van der Waals surface area contributed by atoms with Crippen molar-refractivity contribution in [2.75, 3.05) is 6.61 Å². The van der Waals surface area contributed by atoms with Crippen LogP contribution in [0, 0.1) is 5.92 Å². The quantitative estimate of drug-likeness (QED) is 0.659. The molecule has 0 aromatic rings. The van der Waals surface area contributed by atoms with Gasteiger partial charge in [-0.25, -0.2) is 0 Å². The van der Waals surface area contributed by atoms with Gasteiger partial charge in [0.1, 0.15) is 0 Å². The predicted octanol–water partition coefficient (Wildman–Crippen LogP) is 1.54. The van der Waals surface area contributed by atoms with E-state index in [2.05, 4.69) is 4.74 Å². The van der Waals surface area contributed by atoms with Crippen molar-refractivity contribution in [3.05, 3.63) is 0 Å². The Balaban J connectivity index is 2.80. The van der Waals surface area contributed by atoms with Crippen molar-refractivity contribution < 1.29 is 31.8 Å². The molecule has 0 aliphatic carbocycles. The van der Waals surface area contributed by atoms with Crippen molar-refractivity contribution in [1.82, 2.24) is 0 Å². The second-order valence-electron chi connectivity index (χ2n) is 2.78. The number of ether oxygens (including phenoxy) is 1. The molecule has 1 aliphatic heterocycles. The van der Waals surface area contributed by atoms with Gasteiger partial charge in [0.05, 0.1) is 12.5 Å². The number of aliphatic hydroxyl groups is 1. The predicted molar refractivity (Wildman–Crippen MR) is 31.1 cm³/mol. The smallest absolute Gasteiger partial charge is 0.367 e. The fourth-order valence-corrected chi connectivity index (χ4v) is 1.15. The minimum absolute atomic E-state index is 0.280. The van der Waals surface area contributed by atoms with Gasteiger partial charge in [0.2, 0.25) is 0 Å². The van der Waals surface area contributed by atoms with Crippen LogP contribution in [0.4, 0.5) is 22.0 Å². The number of aliphatic hydroxyl groups excluding tert-OH is 1. The van der Waals surface area contributed by atoms with Crippen LogP contribution < -0.4 is 0 Å². The van der Waals surface area contributed by atoms with Gasteiger partial charge >= 0.3 is 12.1 Å². The minimum atomic E-state index is -5.63. The van der Waals surface area contributed by atoms with E-state index < -0.39 is 30.7 Å². The molecule has 0 aromatic carbocycles. The maximum atomic E-state index is 12.5. The third-order valence-electron chi connectivity index (χ3n) is 1.91. The van der Waals surface area contributed by atoms with E-state index in [0.29, 0.717) is 0 Å². The van der Waals surface area contributed by atoms with E-state index in [4.69, 9.17) is 5.11 Å². The van der Waals surface area contributed by atoms with Crippen LogP contribution in [-0.2, 0) is 4.74 Å². The molecule has 2 nitrogen and oxygen atoms in total. The molecule has 0 aromatic heterocycles. The van der Waals surface area contributed by atoms with E-state index in [1.807, 2.05) is 0 Å². The van der Waals surface area contributed by atoms with E-state index in [-0.39, 0.29) is 6.61 Å². The molecule has 0 bridgehead atoms. The van der Waals surface area contributed by atoms with Crippen LogP contribution >= 0.6 is 0 Å². The number of hydrogen-bond acceptors (Lipinski definition) is 2. The highest BCUT2D eigenvalue weighted by Gasteiger charge is 2.65. The summed E-state index contributed by atoms with van der Waals surface area (Å²) in [4.78, 5) is 0. The summed E-state index contributed by atoms with van der Waals surface area (Å²) in [5.74, 6) is -7.07. The van der Waals surface area contributed by atoms with Crippen LogP contribution in [0.2, 0.25) is 0 Å². The van der Waals surface area contributed by atoms with Crippen LogP contribution in [0.15, 0.2) is 0 Å². The molecule has 1 saturated heterocycles. The first-order valence-corrected chi connectivity index (χ1v) is 3.51. The Hall–Kier alpha value is -0.430. The van der Waals surface area contributed by atoms with Gasteiger partial charge in [-0.1, -0.05) is 0 Å². The zero-order valence-corrected chi connectivity index (χ0v) is 6.31. The molecule has 7 heteroatoms. The van der Waals surface area contributed by atoms with Crippen molar-refractivity contribution in [1.29, 1.82) is 0 Å². The van der Waals surface area contributed by atoms with Crippen LogP contribution in [0.5, 0.6) is 0 Å². The lowest BCUT2D eigenvalue weighted by Gasteiger charge is -2.26. The molecular weight excluding hydrogens is 199 g/mol. The molecule has 0 spiro atoms. The molecule has 2 atom stereocenters. The zero-order valence-electron chi connectivity index (χ0n) is 6.31. The number of halogens is 5. The Kier molecular flexibility index (Phi) is 2.50. The molecule has 0 amide bonds. The Morgan fingerprint density at radius 3 is 2.00 bits per heavy atom. The third-order valence-corrected chi connectivity index (χ3v) is 1.91. The maximum absolute atomic E-state index is 12.5. The summed E-state index contributed by atoms with van der Waals surface area (Å²) >= 11 is 0. The van der Waals surface area contributed by atoms with E-state index in [1.54, 1.807) is 0 Å². The Labute approximate surface area is 70.3 Å². The molecule has 1 fully saturated rings. The third kappa shape index (κ3) is 1.76. The van der Waals surface area contributed by atoms with Crippen molar-refractivity contribution >= 4 is 0 Å². The topological polar surface area (TPSA) is 29.5 Å². The molecule has 78 valence electrons.